The number of rotatable bonds is 8. The van der Waals surface area contributed by atoms with Gasteiger partial charge in [-0.3, -0.25) is 9.59 Å². The predicted molar refractivity (Wildman–Crippen MR) is 99.7 cm³/mol. The van der Waals surface area contributed by atoms with Crippen LogP contribution >= 0.6 is 0 Å². The number of carbonyl (C=O) groups excluding carboxylic acids is 2. The Hall–Kier alpha value is -3.33. The van der Waals surface area contributed by atoms with Gasteiger partial charge in [-0.15, -0.1) is 0 Å². The zero-order chi connectivity index (χ0) is 19.6. The van der Waals surface area contributed by atoms with Crippen molar-refractivity contribution < 1.29 is 19.1 Å². The summed E-state index contributed by atoms with van der Waals surface area (Å²) in [6.45, 7) is 3.55. The quantitative estimate of drug-likeness (QED) is 0.726. The number of nitrogens with one attached hydrogen (secondary N) is 1. The van der Waals surface area contributed by atoms with Gasteiger partial charge < -0.3 is 14.8 Å². The normalized spacial score (nSPS) is 11.3. The highest BCUT2D eigenvalue weighted by Crippen LogP contribution is 2.20. The van der Waals surface area contributed by atoms with E-state index in [4.69, 9.17) is 14.7 Å². The molecule has 0 heterocycles. The fourth-order valence-corrected chi connectivity index (χ4v) is 2.34. The highest BCUT2D eigenvalue weighted by atomic mass is 16.5. The Labute approximate surface area is 158 Å². The lowest BCUT2D eigenvalue weighted by atomic mass is 10.1. The molecule has 0 bridgehead atoms. The van der Waals surface area contributed by atoms with Crippen molar-refractivity contribution in [2.75, 3.05) is 6.54 Å². The second kappa shape index (κ2) is 9.97. The SMILES string of the molecule is CC(C)C(Oc1ccccc1C#N)C(=O)NCC(=O)OCc1ccccc1. The van der Waals surface area contributed by atoms with E-state index in [1.165, 1.54) is 0 Å². The predicted octanol–water partition coefficient (Wildman–Crippen LogP) is 2.82. The van der Waals surface area contributed by atoms with E-state index in [-0.39, 0.29) is 19.1 Å². The molecule has 27 heavy (non-hydrogen) atoms. The number of nitriles is 1. The topological polar surface area (TPSA) is 88.4 Å². The molecule has 1 atom stereocenters. The molecule has 6 heteroatoms. The third-order valence-electron chi connectivity index (χ3n) is 3.77. The standard InChI is InChI=1S/C21H22N2O4/c1-15(2)20(27-18-11-7-6-10-17(18)12-22)21(25)23-13-19(24)26-14-16-8-4-3-5-9-16/h3-11,15,20H,13-14H2,1-2H3,(H,23,25). The molecule has 1 unspecified atom stereocenters. The zero-order valence-electron chi connectivity index (χ0n) is 15.3. The highest BCUT2D eigenvalue weighted by Gasteiger charge is 2.25. The van der Waals surface area contributed by atoms with Crippen molar-refractivity contribution >= 4 is 11.9 Å². The number of hydrogen-bond donors (Lipinski definition) is 1. The van der Waals surface area contributed by atoms with Gasteiger partial charge in [0.15, 0.2) is 6.10 Å². The average Bonchev–Trinajstić information content (AvgIpc) is 2.69. The molecular formula is C21H22N2O4. The Bertz CT molecular complexity index is 812. The molecule has 0 radical (unpaired) electrons. The molecule has 2 aromatic rings. The molecule has 2 rings (SSSR count). The van der Waals surface area contributed by atoms with Crippen LogP contribution in [0.5, 0.6) is 5.75 Å². The molecule has 1 N–H and O–H groups in total. The summed E-state index contributed by atoms with van der Waals surface area (Å²) in [6, 6.07) is 18.0. The van der Waals surface area contributed by atoms with Crippen LogP contribution in [0, 0.1) is 17.2 Å². The van der Waals surface area contributed by atoms with Crippen molar-refractivity contribution in [1.29, 1.82) is 5.26 Å². The first-order valence-corrected chi connectivity index (χ1v) is 8.64. The summed E-state index contributed by atoms with van der Waals surface area (Å²) >= 11 is 0. The van der Waals surface area contributed by atoms with E-state index in [0.717, 1.165) is 5.56 Å². The van der Waals surface area contributed by atoms with Gasteiger partial charge in [0.25, 0.3) is 5.91 Å². The first-order chi connectivity index (χ1) is 13.0. The number of hydrogen-bond acceptors (Lipinski definition) is 5. The molecule has 0 fully saturated rings. The van der Waals surface area contributed by atoms with Gasteiger partial charge in [0.2, 0.25) is 0 Å². The molecule has 0 saturated heterocycles. The van der Waals surface area contributed by atoms with Gasteiger partial charge in [-0.1, -0.05) is 56.3 Å². The van der Waals surface area contributed by atoms with Gasteiger partial charge in [0.1, 0.15) is 25.0 Å². The highest BCUT2D eigenvalue weighted by molar-refractivity contribution is 5.85. The van der Waals surface area contributed by atoms with E-state index in [1.54, 1.807) is 24.3 Å². The van der Waals surface area contributed by atoms with Crippen molar-refractivity contribution in [3.05, 3.63) is 65.7 Å². The molecule has 140 valence electrons. The van der Waals surface area contributed by atoms with Crippen LogP contribution in [-0.4, -0.2) is 24.5 Å². The molecule has 0 spiro atoms. The number of ether oxygens (including phenoxy) is 2. The zero-order valence-corrected chi connectivity index (χ0v) is 15.3. The van der Waals surface area contributed by atoms with E-state index in [0.29, 0.717) is 11.3 Å². The fraction of sp³-hybridized carbons (Fsp3) is 0.286. The smallest absolute Gasteiger partial charge is 0.325 e. The van der Waals surface area contributed by atoms with E-state index in [1.807, 2.05) is 50.2 Å². The molecule has 0 aliphatic rings. The number of para-hydroxylation sites is 1. The minimum atomic E-state index is -0.832. The molecule has 0 aliphatic carbocycles. The van der Waals surface area contributed by atoms with Crippen molar-refractivity contribution in [2.45, 2.75) is 26.6 Å². The molecule has 0 aliphatic heterocycles. The largest absolute Gasteiger partial charge is 0.479 e. The van der Waals surface area contributed by atoms with E-state index >= 15 is 0 Å². The van der Waals surface area contributed by atoms with Gasteiger partial charge in [0.05, 0.1) is 5.56 Å². The summed E-state index contributed by atoms with van der Waals surface area (Å²) in [5.41, 5.74) is 1.21. The first-order valence-electron chi connectivity index (χ1n) is 8.64. The summed E-state index contributed by atoms with van der Waals surface area (Å²) in [5.74, 6) is -0.792. The van der Waals surface area contributed by atoms with Crippen LogP contribution < -0.4 is 10.1 Å². The van der Waals surface area contributed by atoms with Gasteiger partial charge >= 0.3 is 5.97 Å². The van der Waals surface area contributed by atoms with Gasteiger partial charge in [0, 0.05) is 0 Å². The van der Waals surface area contributed by atoms with Crippen LogP contribution in [0.3, 0.4) is 0 Å². The Morgan fingerprint density at radius 2 is 1.74 bits per heavy atom. The maximum absolute atomic E-state index is 12.4. The van der Waals surface area contributed by atoms with Crippen molar-refractivity contribution in [1.82, 2.24) is 5.32 Å². The number of amides is 1. The molecule has 6 nitrogen and oxygen atoms in total. The summed E-state index contributed by atoms with van der Waals surface area (Å²) in [6.07, 6.45) is -0.832. The maximum Gasteiger partial charge on any atom is 0.325 e. The van der Waals surface area contributed by atoms with Crippen LogP contribution in [0.25, 0.3) is 0 Å². The van der Waals surface area contributed by atoms with E-state index in [9.17, 15) is 9.59 Å². The Balaban J connectivity index is 1.89. The fourth-order valence-electron chi connectivity index (χ4n) is 2.34. The minimum Gasteiger partial charge on any atom is -0.479 e. The molecule has 2 aromatic carbocycles. The summed E-state index contributed by atoms with van der Waals surface area (Å²) < 4.78 is 10.9. The molecule has 1 amide bonds. The lowest BCUT2D eigenvalue weighted by molar-refractivity contribution is -0.146. The van der Waals surface area contributed by atoms with Gasteiger partial charge in [-0.2, -0.15) is 5.26 Å². The number of carbonyl (C=O) groups is 2. The van der Waals surface area contributed by atoms with E-state index in [2.05, 4.69) is 5.32 Å². The summed E-state index contributed by atoms with van der Waals surface area (Å²) in [7, 11) is 0. The van der Waals surface area contributed by atoms with Crippen LogP contribution in [-0.2, 0) is 20.9 Å². The lowest BCUT2D eigenvalue weighted by Crippen LogP contribution is -2.44. The van der Waals surface area contributed by atoms with Crippen molar-refractivity contribution in [3.8, 4) is 11.8 Å². The molecular weight excluding hydrogens is 344 g/mol. The summed E-state index contributed by atoms with van der Waals surface area (Å²) in [4.78, 5) is 24.3. The summed E-state index contributed by atoms with van der Waals surface area (Å²) in [5, 5.41) is 11.7. The third kappa shape index (κ3) is 6.15. The van der Waals surface area contributed by atoms with Crippen LogP contribution in [0.15, 0.2) is 54.6 Å². The number of esters is 1. The average molecular weight is 366 g/mol. The Kier molecular flexibility index (Phi) is 7.38. The first kappa shape index (κ1) is 20.0. The Morgan fingerprint density at radius 1 is 1.07 bits per heavy atom. The molecule has 0 saturated carbocycles. The second-order valence-electron chi connectivity index (χ2n) is 6.25. The Morgan fingerprint density at radius 3 is 2.41 bits per heavy atom. The van der Waals surface area contributed by atoms with Crippen LogP contribution in [0.2, 0.25) is 0 Å². The second-order valence-corrected chi connectivity index (χ2v) is 6.25. The van der Waals surface area contributed by atoms with Crippen molar-refractivity contribution in [2.24, 2.45) is 5.92 Å². The molecule has 0 aromatic heterocycles. The van der Waals surface area contributed by atoms with Crippen LogP contribution in [0.1, 0.15) is 25.0 Å². The maximum atomic E-state index is 12.4. The van der Waals surface area contributed by atoms with E-state index < -0.39 is 18.0 Å². The number of nitrogens with zero attached hydrogens (tertiary/aromatic N) is 1. The van der Waals surface area contributed by atoms with Crippen LogP contribution in [0.4, 0.5) is 0 Å². The third-order valence-corrected chi connectivity index (χ3v) is 3.77. The monoisotopic (exact) mass is 366 g/mol. The van der Waals surface area contributed by atoms with Gasteiger partial charge in [-0.25, -0.2) is 0 Å². The minimum absolute atomic E-state index is 0.148. The van der Waals surface area contributed by atoms with Crippen molar-refractivity contribution in [3.63, 3.8) is 0 Å². The number of benzene rings is 2. The van der Waals surface area contributed by atoms with Gasteiger partial charge in [-0.05, 0) is 23.6 Å². The lowest BCUT2D eigenvalue weighted by Gasteiger charge is -2.22.